The zero-order chi connectivity index (χ0) is 14.8. The van der Waals surface area contributed by atoms with Gasteiger partial charge in [-0.3, -0.25) is 4.79 Å². The summed E-state index contributed by atoms with van der Waals surface area (Å²) in [4.78, 5) is 12.3. The molecule has 0 aliphatic heterocycles. The first-order valence-electron chi connectivity index (χ1n) is 7.24. The van der Waals surface area contributed by atoms with Crippen LogP contribution in [0, 0.1) is 18.7 Å². The van der Waals surface area contributed by atoms with Crippen LogP contribution in [0.3, 0.4) is 0 Å². The predicted octanol–water partition coefficient (Wildman–Crippen LogP) is 2.77. The molecule has 0 aromatic heterocycles. The molecule has 1 aliphatic rings. The molecular formula is C16H23FN2O. The highest BCUT2D eigenvalue weighted by Gasteiger charge is 2.35. The second kappa shape index (κ2) is 5.92. The third-order valence-corrected chi connectivity index (χ3v) is 4.23. The third-order valence-electron chi connectivity index (χ3n) is 4.23. The Hall–Kier alpha value is -1.42. The number of carbonyl (C=O) groups excluding carboxylic acids is 1. The van der Waals surface area contributed by atoms with E-state index in [0.29, 0.717) is 12.5 Å². The molecule has 1 fully saturated rings. The molecule has 0 spiro atoms. The maximum absolute atomic E-state index is 13.9. The van der Waals surface area contributed by atoms with Crippen LogP contribution in [0.15, 0.2) is 18.2 Å². The molecule has 0 bridgehead atoms. The normalized spacial score (nSPS) is 26.3. The van der Waals surface area contributed by atoms with Crippen molar-refractivity contribution in [2.24, 2.45) is 11.7 Å². The smallest absolute Gasteiger partial charge is 0.254 e. The zero-order valence-corrected chi connectivity index (χ0v) is 12.2. The molecule has 3 nitrogen and oxygen atoms in total. The Morgan fingerprint density at radius 2 is 2.30 bits per heavy atom. The maximum atomic E-state index is 13.9. The first-order chi connectivity index (χ1) is 9.46. The summed E-state index contributed by atoms with van der Waals surface area (Å²) in [5, 5.41) is 2.99. The van der Waals surface area contributed by atoms with Crippen molar-refractivity contribution in [3.05, 3.63) is 35.1 Å². The summed E-state index contributed by atoms with van der Waals surface area (Å²) in [5.41, 5.74) is 6.40. The summed E-state index contributed by atoms with van der Waals surface area (Å²) in [6, 6.07) is 4.67. The van der Waals surface area contributed by atoms with E-state index >= 15 is 0 Å². The molecule has 1 aliphatic carbocycles. The fourth-order valence-electron chi connectivity index (χ4n) is 3.12. The van der Waals surface area contributed by atoms with E-state index in [9.17, 15) is 9.18 Å². The minimum atomic E-state index is -0.474. The van der Waals surface area contributed by atoms with Crippen LogP contribution < -0.4 is 11.1 Å². The van der Waals surface area contributed by atoms with E-state index in [4.69, 9.17) is 5.73 Å². The fraction of sp³-hybridized carbons (Fsp3) is 0.562. The quantitative estimate of drug-likeness (QED) is 0.893. The predicted molar refractivity (Wildman–Crippen MR) is 78.0 cm³/mol. The lowest BCUT2D eigenvalue weighted by Crippen LogP contribution is -2.56. The Kier molecular flexibility index (Phi) is 4.43. The number of aryl methyl sites for hydroxylation is 1. The first-order valence-corrected chi connectivity index (χ1v) is 7.24. The SMILES string of the molecule is Cc1ccc(C(=O)NC2(CN)CCCC(C)C2)c(F)c1. The van der Waals surface area contributed by atoms with E-state index in [-0.39, 0.29) is 17.0 Å². The molecule has 2 atom stereocenters. The van der Waals surface area contributed by atoms with E-state index in [2.05, 4.69) is 12.2 Å². The second-order valence-corrected chi connectivity index (χ2v) is 6.12. The Morgan fingerprint density at radius 1 is 1.55 bits per heavy atom. The van der Waals surface area contributed by atoms with Gasteiger partial charge in [-0.2, -0.15) is 0 Å². The topological polar surface area (TPSA) is 55.1 Å². The number of hydrogen-bond acceptors (Lipinski definition) is 2. The lowest BCUT2D eigenvalue weighted by Gasteiger charge is -2.40. The molecule has 2 rings (SSSR count). The van der Waals surface area contributed by atoms with E-state index in [1.54, 1.807) is 13.0 Å². The van der Waals surface area contributed by atoms with Crippen LogP contribution in [-0.2, 0) is 0 Å². The fourth-order valence-corrected chi connectivity index (χ4v) is 3.12. The lowest BCUT2D eigenvalue weighted by atomic mass is 9.76. The summed E-state index contributed by atoms with van der Waals surface area (Å²) in [7, 11) is 0. The van der Waals surface area contributed by atoms with E-state index in [1.807, 2.05) is 0 Å². The van der Waals surface area contributed by atoms with Gasteiger partial charge in [-0.05, 0) is 43.4 Å². The molecule has 110 valence electrons. The lowest BCUT2D eigenvalue weighted by molar-refractivity contribution is 0.0850. The molecule has 1 aromatic rings. The van der Waals surface area contributed by atoms with Gasteiger partial charge in [0.15, 0.2) is 0 Å². The second-order valence-electron chi connectivity index (χ2n) is 6.12. The molecule has 1 aromatic carbocycles. The van der Waals surface area contributed by atoms with Gasteiger partial charge < -0.3 is 11.1 Å². The Morgan fingerprint density at radius 3 is 2.90 bits per heavy atom. The molecule has 4 heteroatoms. The molecule has 1 saturated carbocycles. The molecule has 1 amide bonds. The van der Waals surface area contributed by atoms with Gasteiger partial charge in [0.05, 0.1) is 11.1 Å². The first kappa shape index (κ1) is 15.0. The highest BCUT2D eigenvalue weighted by molar-refractivity contribution is 5.95. The van der Waals surface area contributed by atoms with Gasteiger partial charge in [0.25, 0.3) is 5.91 Å². The minimum absolute atomic E-state index is 0.0988. The molecule has 0 heterocycles. The third kappa shape index (κ3) is 3.18. The molecule has 3 N–H and O–H groups in total. The number of halogens is 1. The van der Waals surface area contributed by atoms with Crippen LogP contribution in [0.1, 0.15) is 48.5 Å². The van der Waals surface area contributed by atoms with Crippen LogP contribution in [0.4, 0.5) is 4.39 Å². The highest BCUT2D eigenvalue weighted by Crippen LogP contribution is 2.32. The van der Waals surface area contributed by atoms with E-state index in [0.717, 1.165) is 31.2 Å². The van der Waals surface area contributed by atoms with Gasteiger partial charge in [0.1, 0.15) is 5.82 Å². The summed E-state index contributed by atoms with van der Waals surface area (Å²) in [5.74, 6) is -0.295. The van der Waals surface area contributed by atoms with Crippen molar-refractivity contribution < 1.29 is 9.18 Å². The van der Waals surface area contributed by atoms with Crippen LogP contribution in [-0.4, -0.2) is 18.0 Å². The Labute approximate surface area is 119 Å². The van der Waals surface area contributed by atoms with Gasteiger partial charge in [-0.25, -0.2) is 4.39 Å². The van der Waals surface area contributed by atoms with Gasteiger partial charge in [-0.15, -0.1) is 0 Å². The molecule has 0 radical (unpaired) electrons. The van der Waals surface area contributed by atoms with E-state index in [1.165, 1.54) is 12.1 Å². The summed E-state index contributed by atoms with van der Waals surface area (Å²) in [6.45, 7) is 4.37. The summed E-state index contributed by atoms with van der Waals surface area (Å²) in [6.07, 6.45) is 3.95. The molecular weight excluding hydrogens is 255 g/mol. The van der Waals surface area contributed by atoms with Gasteiger partial charge in [0.2, 0.25) is 0 Å². The number of hydrogen-bond donors (Lipinski definition) is 2. The monoisotopic (exact) mass is 278 g/mol. The number of carbonyl (C=O) groups is 1. The van der Waals surface area contributed by atoms with Crippen molar-refractivity contribution in [1.82, 2.24) is 5.32 Å². The number of benzene rings is 1. The van der Waals surface area contributed by atoms with Crippen LogP contribution in [0.25, 0.3) is 0 Å². The summed E-state index contributed by atoms with van der Waals surface area (Å²) >= 11 is 0. The number of amides is 1. The van der Waals surface area contributed by atoms with Crippen molar-refractivity contribution in [1.29, 1.82) is 0 Å². The minimum Gasteiger partial charge on any atom is -0.345 e. The summed E-state index contributed by atoms with van der Waals surface area (Å²) < 4.78 is 13.9. The van der Waals surface area contributed by atoms with Gasteiger partial charge in [0, 0.05) is 6.54 Å². The molecule has 20 heavy (non-hydrogen) atoms. The van der Waals surface area contributed by atoms with Crippen molar-refractivity contribution in [2.45, 2.75) is 45.1 Å². The van der Waals surface area contributed by atoms with Crippen LogP contribution in [0.2, 0.25) is 0 Å². The highest BCUT2D eigenvalue weighted by atomic mass is 19.1. The Bertz CT molecular complexity index is 503. The van der Waals surface area contributed by atoms with Crippen LogP contribution in [0.5, 0.6) is 0 Å². The standard InChI is InChI=1S/C16H23FN2O/c1-11-5-6-13(14(17)8-11)15(20)19-16(10-18)7-3-4-12(2)9-16/h5-6,8,12H,3-4,7,9-10,18H2,1-2H3,(H,19,20). The largest absolute Gasteiger partial charge is 0.345 e. The van der Waals surface area contributed by atoms with Crippen LogP contribution >= 0.6 is 0 Å². The van der Waals surface area contributed by atoms with E-state index < -0.39 is 5.82 Å². The number of nitrogens with two attached hydrogens (primary N) is 1. The van der Waals surface area contributed by atoms with Gasteiger partial charge >= 0.3 is 0 Å². The number of nitrogens with one attached hydrogen (secondary N) is 1. The average molecular weight is 278 g/mol. The zero-order valence-electron chi connectivity index (χ0n) is 12.2. The van der Waals surface area contributed by atoms with Crippen molar-refractivity contribution in [2.75, 3.05) is 6.54 Å². The Balaban J connectivity index is 2.16. The van der Waals surface area contributed by atoms with Crippen molar-refractivity contribution in [3.8, 4) is 0 Å². The maximum Gasteiger partial charge on any atom is 0.254 e. The molecule has 2 unspecified atom stereocenters. The average Bonchev–Trinajstić information content (AvgIpc) is 2.38. The van der Waals surface area contributed by atoms with Gasteiger partial charge in [-0.1, -0.05) is 25.8 Å². The number of rotatable bonds is 3. The van der Waals surface area contributed by atoms with Crippen molar-refractivity contribution >= 4 is 5.91 Å². The molecule has 0 saturated heterocycles. The van der Waals surface area contributed by atoms with Crippen molar-refractivity contribution in [3.63, 3.8) is 0 Å².